The summed E-state index contributed by atoms with van der Waals surface area (Å²) < 4.78 is 0. The summed E-state index contributed by atoms with van der Waals surface area (Å²) in [4.78, 5) is 0. The molecule has 4 heteroatoms. The first-order chi connectivity index (χ1) is 6.90. The van der Waals surface area contributed by atoms with Crippen LogP contribution in [0.3, 0.4) is 0 Å². The van der Waals surface area contributed by atoms with Crippen molar-refractivity contribution in [1.29, 1.82) is 0 Å². The van der Waals surface area contributed by atoms with Gasteiger partial charge in [-0.3, -0.25) is 0 Å². The lowest BCUT2D eigenvalue weighted by Crippen LogP contribution is -2.12. The number of nitrogens with one attached hydrogen (secondary N) is 1. The van der Waals surface area contributed by atoms with Crippen LogP contribution >= 0.6 is 12.6 Å². The minimum Gasteiger partial charge on any atom is -0.368 e. The van der Waals surface area contributed by atoms with Gasteiger partial charge in [0.25, 0.3) is 0 Å². The van der Waals surface area contributed by atoms with Gasteiger partial charge in [-0.15, -0.1) is 5.10 Å². The predicted octanol–water partition coefficient (Wildman–Crippen LogP) is 2.09. The average molecular weight is 209 g/mol. The molecule has 1 aliphatic rings. The molecule has 3 nitrogen and oxygen atoms in total. The van der Waals surface area contributed by atoms with Crippen LogP contribution in [-0.4, -0.2) is 22.5 Å². The molecule has 0 saturated heterocycles. The number of rotatable bonds is 4. The van der Waals surface area contributed by atoms with Crippen LogP contribution in [0.1, 0.15) is 30.9 Å². The largest absolute Gasteiger partial charge is 0.368 e. The van der Waals surface area contributed by atoms with Crippen molar-refractivity contribution < 1.29 is 0 Å². The molecule has 1 aliphatic carbocycles. The van der Waals surface area contributed by atoms with E-state index in [9.17, 15) is 0 Å². The summed E-state index contributed by atoms with van der Waals surface area (Å²) in [5.74, 6) is 2.33. The molecule has 1 fully saturated rings. The highest BCUT2D eigenvalue weighted by Gasteiger charge is 2.20. The van der Waals surface area contributed by atoms with Crippen molar-refractivity contribution >= 4 is 18.4 Å². The first-order valence-electron chi connectivity index (χ1n) is 5.08. The third-order valence-electron chi connectivity index (χ3n) is 2.63. The van der Waals surface area contributed by atoms with Crippen LogP contribution in [0.5, 0.6) is 0 Å². The SMILES string of the molecule is SCCNc1ccc(C2CCC2)nn1. The van der Waals surface area contributed by atoms with E-state index in [0.29, 0.717) is 5.92 Å². The van der Waals surface area contributed by atoms with Crippen LogP contribution in [0, 0.1) is 0 Å². The molecule has 0 radical (unpaired) electrons. The summed E-state index contributed by atoms with van der Waals surface area (Å²) in [7, 11) is 0. The van der Waals surface area contributed by atoms with Crippen LogP contribution in [0.2, 0.25) is 0 Å². The first kappa shape index (κ1) is 9.77. The van der Waals surface area contributed by atoms with E-state index in [1.165, 1.54) is 19.3 Å². The molecular formula is C10H15N3S. The van der Waals surface area contributed by atoms with E-state index in [0.717, 1.165) is 23.8 Å². The number of hydrogen-bond acceptors (Lipinski definition) is 4. The summed E-state index contributed by atoms with van der Waals surface area (Å²) in [5, 5.41) is 11.5. The van der Waals surface area contributed by atoms with E-state index in [1.807, 2.05) is 6.07 Å². The van der Waals surface area contributed by atoms with Gasteiger partial charge in [0.15, 0.2) is 0 Å². The molecule has 0 aromatic carbocycles. The fraction of sp³-hybridized carbons (Fsp3) is 0.600. The monoisotopic (exact) mass is 209 g/mol. The molecule has 1 aromatic heterocycles. The Morgan fingerprint density at radius 2 is 2.21 bits per heavy atom. The van der Waals surface area contributed by atoms with Gasteiger partial charge >= 0.3 is 0 Å². The Morgan fingerprint density at radius 3 is 2.71 bits per heavy atom. The minimum absolute atomic E-state index is 0.668. The maximum atomic E-state index is 4.22. The third-order valence-corrected chi connectivity index (χ3v) is 2.85. The number of anilines is 1. The number of thiol groups is 1. The van der Waals surface area contributed by atoms with Crippen LogP contribution in [0.15, 0.2) is 12.1 Å². The molecule has 0 bridgehead atoms. The Bertz CT molecular complexity index is 282. The lowest BCUT2D eigenvalue weighted by Gasteiger charge is -2.24. The van der Waals surface area contributed by atoms with Crippen molar-refractivity contribution in [2.75, 3.05) is 17.6 Å². The molecule has 0 amide bonds. The van der Waals surface area contributed by atoms with E-state index >= 15 is 0 Å². The van der Waals surface area contributed by atoms with Gasteiger partial charge < -0.3 is 5.32 Å². The molecule has 1 heterocycles. The Kier molecular flexibility index (Phi) is 3.24. The van der Waals surface area contributed by atoms with Gasteiger partial charge in [-0.25, -0.2) is 0 Å². The van der Waals surface area contributed by atoms with Gasteiger partial charge in [-0.2, -0.15) is 17.7 Å². The Hall–Kier alpha value is -0.770. The van der Waals surface area contributed by atoms with Gasteiger partial charge in [0.2, 0.25) is 0 Å². The molecule has 1 saturated carbocycles. The van der Waals surface area contributed by atoms with E-state index in [2.05, 4.69) is 34.2 Å². The topological polar surface area (TPSA) is 37.8 Å². The van der Waals surface area contributed by atoms with Crippen molar-refractivity contribution in [2.24, 2.45) is 0 Å². The molecule has 2 rings (SSSR count). The van der Waals surface area contributed by atoms with Gasteiger partial charge in [0.05, 0.1) is 5.69 Å². The quantitative estimate of drug-likeness (QED) is 0.746. The van der Waals surface area contributed by atoms with Gasteiger partial charge in [-0.1, -0.05) is 6.42 Å². The second kappa shape index (κ2) is 4.64. The molecule has 1 N–H and O–H groups in total. The zero-order chi connectivity index (χ0) is 9.80. The maximum Gasteiger partial charge on any atom is 0.148 e. The van der Waals surface area contributed by atoms with Gasteiger partial charge in [0, 0.05) is 18.2 Å². The molecule has 0 aliphatic heterocycles. The Balaban J connectivity index is 1.95. The molecular weight excluding hydrogens is 194 g/mol. The van der Waals surface area contributed by atoms with Gasteiger partial charge in [0.1, 0.15) is 5.82 Å². The summed E-state index contributed by atoms with van der Waals surface area (Å²) in [6.07, 6.45) is 3.89. The van der Waals surface area contributed by atoms with Crippen molar-refractivity contribution in [1.82, 2.24) is 10.2 Å². The summed E-state index contributed by atoms with van der Waals surface area (Å²) in [6.45, 7) is 0.834. The van der Waals surface area contributed by atoms with Crippen LogP contribution in [-0.2, 0) is 0 Å². The highest BCUT2D eigenvalue weighted by molar-refractivity contribution is 7.80. The standard InChI is InChI=1S/C10H15N3S/c14-7-6-11-10-5-4-9(12-13-10)8-2-1-3-8/h4-5,8,14H,1-3,6-7H2,(H,11,13). The lowest BCUT2D eigenvalue weighted by atomic mass is 9.83. The first-order valence-corrected chi connectivity index (χ1v) is 5.72. The maximum absolute atomic E-state index is 4.22. The van der Waals surface area contributed by atoms with Crippen LogP contribution in [0.25, 0.3) is 0 Å². The fourth-order valence-corrected chi connectivity index (χ4v) is 1.65. The van der Waals surface area contributed by atoms with E-state index in [-0.39, 0.29) is 0 Å². The minimum atomic E-state index is 0.668. The highest BCUT2D eigenvalue weighted by Crippen LogP contribution is 2.34. The summed E-state index contributed by atoms with van der Waals surface area (Å²) >= 11 is 4.12. The number of nitrogens with zero attached hydrogens (tertiary/aromatic N) is 2. The van der Waals surface area contributed by atoms with Crippen LogP contribution < -0.4 is 5.32 Å². The molecule has 0 spiro atoms. The summed E-state index contributed by atoms with van der Waals surface area (Å²) in [5.41, 5.74) is 1.15. The summed E-state index contributed by atoms with van der Waals surface area (Å²) in [6, 6.07) is 4.09. The zero-order valence-corrected chi connectivity index (χ0v) is 9.00. The Morgan fingerprint density at radius 1 is 1.36 bits per heavy atom. The van der Waals surface area contributed by atoms with Crippen molar-refractivity contribution in [2.45, 2.75) is 25.2 Å². The molecule has 1 aromatic rings. The number of hydrogen-bond donors (Lipinski definition) is 2. The number of aromatic nitrogens is 2. The average Bonchev–Trinajstić information content (AvgIpc) is 2.14. The lowest BCUT2D eigenvalue weighted by molar-refractivity contribution is 0.408. The predicted molar refractivity (Wildman–Crippen MR) is 61.0 cm³/mol. The molecule has 14 heavy (non-hydrogen) atoms. The molecule has 0 atom stereocenters. The molecule has 0 unspecified atom stereocenters. The van der Waals surface area contributed by atoms with E-state index in [4.69, 9.17) is 0 Å². The van der Waals surface area contributed by atoms with E-state index < -0.39 is 0 Å². The van der Waals surface area contributed by atoms with Gasteiger partial charge in [-0.05, 0) is 25.0 Å². The van der Waals surface area contributed by atoms with Crippen molar-refractivity contribution in [3.05, 3.63) is 17.8 Å². The smallest absolute Gasteiger partial charge is 0.148 e. The van der Waals surface area contributed by atoms with Crippen molar-refractivity contribution in [3.63, 3.8) is 0 Å². The Labute approximate surface area is 89.7 Å². The fourth-order valence-electron chi connectivity index (χ4n) is 1.54. The van der Waals surface area contributed by atoms with E-state index in [1.54, 1.807) is 0 Å². The van der Waals surface area contributed by atoms with Crippen LogP contribution in [0.4, 0.5) is 5.82 Å². The highest BCUT2D eigenvalue weighted by atomic mass is 32.1. The normalized spacial score (nSPS) is 16.4. The second-order valence-corrected chi connectivity index (χ2v) is 4.07. The second-order valence-electron chi connectivity index (χ2n) is 3.62. The third kappa shape index (κ3) is 2.18. The van der Waals surface area contributed by atoms with Crippen molar-refractivity contribution in [3.8, 4) is 0 Å². The molecule has 76 valence electrons. The zero-order valence-electron chi connectivity index (χ0n) is 8.11.